The molecular weight excluding hydrogens is 246 g/mol. The summed E-state index contributed by atoms with van der Waals surface area (Å²) in [5.74, 6) is 1.51. The van der Waals surface area contributed by atoms with Crippen LogP contribution >= 0.6 is 0 Å². The second-order valence-corrected chi connectivity index (χ2v) is 4.35. The van der Waals surface area contributed by atoms with E-state index < -0.39 is 0 Å². The zero-order valence-electron chi connectivity index (χ0n) is 11.5. The Hall–Kier alpha value is -1.40. The van der Waals surface area contributed by atoms with E-state index >= 15 is 0 Å². The molecular formula is C13H21N3O3. The summed E-state index contributed by atoms with van der Waals surface area (Å²) in [5, 5.41) is 0. The van der Waals surface area contributed by atoms with Gasteiger partial charge in [0.15, 0.2) is 0 Å². The summed E-state index contributed by atoms with van der Waals surface area (Å²) >= 11 is 0. The van der Waals surface area contributed by atoms with Crippen LogP contribution in [0, 0.1) is 0 Å². The zero-order valence-corrected chi connectivity index (χ0v) is 11.5. The van der Waals surface area contributed by atoms with Gasteiger partial charge in [0.25, 0.3) is 0 Å². The fraction of sp³-hybridized carbons (Fsp3) is 0.692. The van der Waals surface area contributed by atoms with Crippen molar-refractivity contribution in [1.29, 1.82) is 0 Å². The fourth-order valence-electron chi connectivity index (χ4n) is 2.16. The Bertz CT molecular complexity index is 389. The lowest BCUT2D eigenvalue weighted by Crippen LogP contribution is -2.46. The number of morpholine rings is 1. The van der Waals surface area contributed by atoms with Crippen molar-refractivity contribution in [2.24, 2.45) is 0 Å². The summed E-state index contributed by atoms with van der Waals surface area (Å²) in [6, 6.07) is 2.17. The predicted molar refractivity (Wildman–Crippen MR) is 71.6 cm³/mol. The second-order valence-electron chi connectivity index (χ2n) is 4.35. The van der Waals surface area contributed by atoms with Gasteiger partial charge in [-0.25, -0.2) is 9.97 Å². The molecule has 1 atom stereocenters. The van der Waals surface area contributed by atoms with E-state index in [4.69, 9.17) is 14.2 Å². The monoisotopic (exact) mass is 267 g/mol. The Morgan fingerprint density at radius 2 is 2.37 bits per heavy atom. The number of hydrogen-bond acceptors (Lipinski definition) is 6. The van der Waals surface area contributed by atoms with Gasteiger partial charge in [-0.1, -0.05) is 0 Å². The van der Waals surface area contributed by atoms with E-state index in [1.54, 1.807) is 13.4 Å². The van der Waals surface area contributed by atoms with Crippen molar-refractivity contribution >= 4 is 5.82 Å². The number of nitrogens with zero attached hydrogens (tertiary/aromatic N) is 3. The van der Waals surface area contributed by atoms with Crippen LogP contribution in [0.25, 0.3) is 0 Å². The predicted octanol–water partition coefficient (Wildman–Crippen LogP) is 1.12. The molecule has 6 nitrogen and oxygen atoms in total. The number of hydrogen-bond donors (Lipinski definition) is 0. The molecule has 1 fully saturated rings. The van der Waals surface area contributed by atoms with E-state index in [0.717, 1.165) is 25.4 Å². The average Bonchev–Trinajstić information content (AvgIpc) is 2.46. The lowest BCUT2D eigenvalue weighted by Gasteiger charge is -2.36. The largest absolute Gasteiger partial charge is 0.478 e. The summed E-state index contributed by atoms with van der Waals surface area (Å²) < 4.78 is 16.1. The first-order valence-electron chi connectivity index (χ1n) is 6.63. The summed E-state index contributed by atoms with van der Waals surface area (Å²) in [5.41, 5.74) is 0. The van der Waals surface area contributed by atoms with Gasteiger partial charge in [-0.2, -0.15) is 0 Å². The van der Waals surface area contributed by atoms with E-state index in [0.29, 0.717) is 25.7 Å². The SMILES string of the molecule is CCOc1cc(N2CCOCC2CCOC)ncn1. The van der Waals surface area contributed by atoms with E-state index in [2.05, 4.69) is 14.9 Å². The van der Waals surface area contributed by atoms with Crippen molar-refractivity contribution in [2.45, 2.75) is 19.4 Å². The number of aromatic nitrogens is 2. The van der Waals surface area contributed by atoms with Crippen LogP contribution in [0.5, 0.6) is 5.88 Å². The molecule has 19 heavy (non-hydrogen) atoms. The quantitative estimate of drug-likeness (QED) is 0.770. The van der Waals surface area contributed by atoms with Gasteiger partial charge in [0.05, 0.1) is 25.9 Å². The number of methoxy groups -OCH3 is 1. The van der Waals surface area contributed by atoms with Crippen molar-refractivity contribution in [3.8, 4) is 5.88 Å². The van der Waals surface area contributed by atoms with E-state index in [1.165, 1.54) is 0 Å². The van der Waals surface area contributed by atoms with Crippen LogP contribution in [0.15, 0.2) is 12.4 Å². The Morgan fingerprint density at radius 1 is 1.47 bits per heavy atom. The molecule has 0 N–H and O–H groups in total. The van der Waals surface area contributed by atoms with Crippen LogP contribution in [0.1, 0.15) is 13.3 Å². The molecule has 2 heterocycles. The highest BCUT2D eigenvalue weighted by Crippen LogP contribution is 2.21. The first-order chi connectivity index (χ1) is 9.35. The lowest BCUT2D eigenvalue weighted by atomic mass is 10.1. The zero-order chi connectivity index (χ0) is 13.5. The Labute approximate surface area is 113 Å². The van der Waals surface area contributed by atoms with Crippen molar-refractivity contribution in [3.05, 3.63) is 12.4 Å². The topological polar surface area (TPSA) is 56.7 Å². The minimum atomic E-state index is 0.290. The molecule has 1 aliphatic rings. The van der Waals surface area contributed by atoms with Gasteiger partial charge >= 0.3 is 0 Å². The number of rotatable bonds is 6. The molecule has 6 heteroatoms. The molecule has 1 unspecified atom stereocenters. The van der Waals surface area contributed by atoms with Gasteiger partial charge in [-0.05, 0) is 13.3 Å². The van der Waals surface area contributed by atoms with Gasteiger partial charge in [0.2, 0.25) is 5.88 Å². The Morgan fingerprint density at radius 3 is 3.16 bits per heavy atom. The highest BCUT2D eigenvalue weighted by atomic mass is 16.5. The third-order valence-electron chi connectivity index (χ3n) is 3.10. The summed E-state index contributed by atoms with van der Waals surface area (Å²) in [6.07, 6.45) is 2.47. The molecule has 0 amide bonds. The molecule has 1 saturated heterocycles. The van der Waals surface area contributed by atoms with Gasteiger partial charge in [-0.3, -0.25) is 0 Å². The van der Waals surface area contributed by atoms with Crippen LogP contribution < -0.4 is 9.64 Å². The summed E-state index contributed by atoms with van der Waals surface area (Å²) in [7, 11) is 1.71. The Kier molecular flexibility index (Phi) is 5.35. The van der Waals surface area contributed by atoms with Gasteiger partial charge < -0.3 is 19.1 Å². The molecule has 1 aromatic rings. The minimum Gasteiger partial charge on any atom is -0.478 e. The molecule has 0 saturated carbocycles. The van der Waals surface area contributed by atoms with Crippen molar-refractivity contribution in [3.63, 3.8) is 0 Å². The first-order valence-corrected chi connectivity index (χ1v) is 6.63. The van der Waals surface area contributed by atoms with Crippen LogP contribution in [0.3, 0.4) is 0 Å². The third kappa shape index (κ3) is 3.78. The fourth-order valence-corrected chi connectivity index (χ4v) is 2.16. The van der Waals surface area contributed by atoms with Crippen LogP contribution in [0.2, 0.25) is 0 Å². The van der Waals surface area contributed by atoms with Gasteiger partial charge in [-0.15, -0.1) is 0 Å². The lowest BCUT2D eigenvalue weighted by molar-refractivity contribution is 0.0793. The van der Waals surface area contributed by atoms with Crippen molar-refractivity contribution < 1.29 is 14.2 Å². The normalized spacial score (nSPS) is 19.5. The molecule has 0 spiro atoms. The Balaban J connectivity index is 2.09. The van der Waals surface area contributed by atoms with Gasteiger partial charge in [0.1, 0.15) is 12.1 Å². The standard InChI is InChI=1S/C13H21N3O3/c1-3-19-13-8-12(14-10-15-13)16-5-7-18-9-11(16)4-6-17-2/h8,10-11H,3-7,9H2,1-2H3. The maximum atomic E-state index is 5.54. The molecule has 2 rings (SSSR count). The molecule has 1 aliphatic heterocycles. The molecule has 0 aliphatic carbocycles. The van der Waals surface area contributed by atoms with E-state index in [9.17, 15) is 0 Å². The number of anilines is 1. The molecule has 106 valence electrons. The molecule has 0 aromatic carbocycles. The van der Waals surface area contributed by atoms with Crippen LogP contribution in [0.4, 0.5) is 5.82 Å². The molecule has 0 bridgehead atoms. The van der Waals surface area contributed by atoms with E-state index in [-0.39, 0.29) is 6.04 Å². The van der Waals surface area contributed by atoms with Crippen LogP contribution in [-0.4, -0.2) is 56.1 Å². The molecule has 0 radical (unpaired) electrons. The second kappa shape index (κ2) is 7.25. The summed E-state index contributed by atoms with van der Waals surface area (Å²) in [6.45, 7) is 5.52. The molecule has 1 aromatic heterocycles. The smallest absolute Gasteiger partial charge is 0.218 e. The third-order valence-corrected chi connectivity index (χ3v) is 3.10. The highest BCUT2D eigenvalue weighted by molar-refractivity contribution is 5.42. The highest BCUT2D eigenvalue weighted by Gasteiger charge is 2.24. The van der Waals surface area contributed by atoms with Gasteiger partial charge in [0, 0.05) is 26.3 Å². The average molecular weight is 267 g/mol. The van der Waals surface area contributed by atoms with Crippen LogP contribution in [-0.2, 0) is 9.47 Å². The van der Waals surface area contributed by atoms with Crippen molar-refractivity contribution in [1.82, 2.24) is 9.97 Å². The number of ether oxygens (including phenoxy) is 3. The van der Waals surface area contributed by atoms with Crippen molar-refractivity contribution in [2.75, 3.05) is 45.0 Å². The van der Waals surface area contributed by atoms with E-state index in [1.807, 2.05) is 13.0 Å². The summed E-state index contributed by atoms with van der Waals surface area (Å²) in [4.78, 5) is 10.7. The maximum absolute atomic E-state index is 5.54. The maximum Gasteiger partial charge on any atom is 0.218 e. The first kappa shape index (κ1) is 14.0. The minimum absolute atomic E-state index is 0.290.